The molecular weight excluding hydrogens is 326 g/mol. The summed E-state index contributed by atoms with van der Waals surface area (Å²) in [6, 6.07) is 14.9. The van der Waals surface area contributed by atoms with Crippen LogP contribution in [0.1, 0.15) is 15.9 Å². The summed E-state index contributed by atoms with van der Waals surface area (Å²) in [6.45, 7) is -0.248. The van der Waals surface area contributed by atoms with Gasteiger partial charge in [0.2, 0.25) is 0 Å². The number of hydrogen-bond acceptors (Lipinski definition) is 6. The Morgan fingerprint density at radius 2 is 1.64 bits per heavy atom. The van der Waals surface area contributed by atoms with Crippen LogP contribution in [0.25, 0.3) is 0 Å². The van der Waals surface area contributed by atoms with E-state index in [-0.39, 0.29) is 24.5 Å². The monoisotopic (exact) mass is 342 g/mol. The fourth-order valence-corrected chi connectivity index (χ4v) is 1.83. The van der Waals surface area contributed by atoms with Crippen LogP contribution in [0.4, 0.5) is 4.79 Å². The molecule has 2 aromatic carbocycles. The normalized spacial score (nSPS) is 9.80. The number of amides is 1. The van der Waals surface area contributed by atoms with Gasteiger partial charge >= 0.3 is 18.0 Å². The quantitative estimate of drug-likeness (QED) is 0.640. The highest BCUT2D eigenvalue weighted by atomic mass is 16.6. The summed E-state index contributed by atoms with van der Waals surface area (Å²) in [5, 5.41) is 2.29. The molecule has 0 saturated carbocycles. The molecule has 2 rings (SSSR count). The van der Waals surface area contributed by atoms with Crippen LogP contribution in [0.5, 0.6) is 5.75 Å². The topological polar surface area (TPSA) is 90.9 Å². The Balaban J connectivity index is 1.73. The minimum Gasteiger partial charge on any atom is -0.458 e. The Kier molecular flexibility index (Phi) is 6.53. The Morgan fingerprint density at radius 1 is 0.960 bits per heavy atom. The molecule has 25 heavy (non-hydrogen) atoms. The third-order valence-corrected chi connectivity index (χ3v) is 3.04. The van der Waals surface area contributed by atoms with Crippen molar-refractivity contribution in [1.82, 2.24) is 5.32 Å². The number of carbonyl (C=O) groups excluding carboxylic acids is 3. The Labute approximate surface area is 144 Å². The summed E-state index contributed by atoms with van der Waals surface area (Å²) < 4.78 is 14.3. The minimum atomic E-state index is -0.727. The predicted octanol–water partition coefficient (Wildman–Crippen LogP) is 2.47. The lowest BCUT2D eigenvalue weighted by Gasteiger charge is -2.08. The van der Waals surface area contributed by atoms with Gasteiger partial charge in [-0.1, -0.05) is 30.3 Å². The first kappa shape index (κ1) is 18.0. The highest BCUT2D eigenvalue weighted by Crippen LogP contribution is 2.13. The van der Waals surface area contributed by atoms with E-state index in [0.717, 1.165) is 5.56 Å². The summed E-state index contributed by atoms with van der Waals surface area (Å²) in [5.74, 6) is -1.05. The number of benzene rings is 2. The van der Waals surface area contributed by atoms with E-state index in [1.54, 1.807) is 0 Å². The molecule has 0 heterocycles. The van der Waals surface area contributed by atoms with Crippen LogP contribution in [-0.4, -0.2) is 24.6 Å². The maximum absolute atomic E-state index is 11.7. The Morgan fingerprint density at radius 3 is 2.28 bits per heavy atom. The first-order valence-corrected chi connectivity index (χ1v) is 7.30. The minimum absolute atomic E-state index is 0.103. The van der Waals surface area contributed by atoms with E-state index in [2.05, 4.69) is 17.2 Å². The van der Waals surface area contributed by atoms with Crippen LogP contribution >= 0.6 is 0 Å². The molecule has 1 amide bonds. The number of alkyl carbamates (subject to hydrolysis) is 1. The van der Waals surface area contributed by atoms with Gasteiger partial charge in [-0.05, 0) is 29.8 Å². The molecule has 7 nitrogen and oxygen atoms in total. The zero-order valence-corrected chi connectivity index (χ0v) is 13.3. The lowest BCUT2D eigenvalue weighted by Crippen LogP contribution is -2.32. The van der Waals surface area contributed by atoms with Crippen LogP contribution in [0, 0.1) is 7.11 Å². The molecule has 0 aliphatic carbocycles. The van der Waals surface area contributed by atoms with Crippen LogP contribution in [0.2, 0.25) is 0 Å². The lowest BCUT2D eigenvalue weighted by molar-refractivity contribution is -0.133. The molecule has 1 radical (unpaired) electrons. The van der Waals surface area contributed by atoms with Gasteiger partial charge < -0.3 is 19.5 Å². The summed E-state index contributed by atoms with van der Waals surface area (Å²) >= 11 is 0. The molecule has 0 saturated heterocycles. The van der Waals surface area contributed by atoms with Gasteiger partial charge in [-0.15, -0.1) is 0 Å². The predicted molar refractivity (Wildman–Crippen MR) is 87.5 cm³/mol. The summed E-state index contributed by atoms with van der Waals surface area (Å²) in [4.78, 5) is 34.4. The molecule has 0 aliphatic heterocycles. The molecule has 0 bridgehead atoms. The largest absolute Gasteiger partial charge is 0.458 e. The molecule has 0 unspecified atom stereocenters. The summed E-state index contributed by atoms with van der Waals surface area (Å²) in [7, 11) is 3.02. The van der Waals surface area contributed by atoms with Crippen molar-refractivity contribution in [2.45, 2.75) is 6.61 Å². The maximum atomic E-state index is 11.7. The van der Waals surface area contributed by atoms with Crippen molar-refractivity contribution in [1.29, 1.82) is 0 Å². The molecule has 7 heteroatoms. The number of carbonyl (C=O) groups is 3. The molecule has 1 N–H and O–H groups in total. The van der Waals surface area contributed by atoms with Crippen LogP contribution in [0.3, 0.4) is 0 Å². The molecule has 0 spiro atoms. The fraction of sp³-hybridized carbons (Fsp3) is 0.111. The second-order valence-corrected chi connectivity index (χ2v) is 4.85. The van der Waals surface area contributed by atoms with Gasteiger partial charge in [0.1, 0.15) is 26.0 Å². The highest BCUT2D eigenvalue weighted by molar-refractivity contribution is 5.89. The fourth-order valence-electron chi connectivity index (χ4n) is 1.83. The first-order chi connectivity index (χ1) is 12.1. The van der Waals surface area contributed by atoms with Crippen molar-refractivity contribution in [3.8, 4) is 5.75 Å². The number of esters is 2. The second kappa shape index (κ2) is 9.07. The van der Waals surface area contributed by atoms with E-state index in [1.807, 2.05) is 30.3 Å². The maximum Gasteiger partial charge on any atom is 0.407 e. The Bertz CT molecular complexity index is 727. The molecular formula is C18H16NO6. The van der Waals surface area contributed by atoms with Crippen molar-refractivity contribution in [2.75, 3.05) is 6.54 Å². The van der Waals surface area contributed by atoms with Crippen LogP contribution < -0.4 is 10.1 Å². The molecule has 0 aliphatic rings. The zero-order chi connectivity index (χ0) is 18.1. The van der Waals surface area contributed by atoms with Crippen LogP contribution in [0.15, 0.2) is 54.6 Å². The highest BCUT2D eigenvalue weighted by Gasteiger charge is 2.10. The van der Waals surface area contributed by atoms with Gasteiger partial charge in [0.05, 0.1) is 5.56 Å². The van der Waals surface area contributed by atoms with E-state index in [9.17, 15) is 14.4 Å². The van der Waals surface area contributed by atoms with Gasteiger partial charge in [0, 0.05) is 0 Å². The number of nitrogens with one attached hydrogen (secondary N) is 1. The van der Waals surface area contributed by atoms with Crippen LogP contribution in [-0.2, 0) is 20.9 Å². The molecule has 2 aromatic rings. The SMILES string of the molecule is [CH2]OC(=O)c1ccc(OC(=O)CNC(=O)OCc2ccccc2)cc1. The average molecular weight is 342 g/mol. The van der Waals surface area contributed by atoms with Crippen molar-refractivity contribution in [2.24, 2.45) is 0 Å². The van der Waals surface area contributed by atoms with Crippen molar-refractivity contribution >= 4 is 18.0 Å². The molecule has 0 fully saturated rings. The van der Waals surface area contributed by atoms with Crippen molar-refractivity contribution in [3.63, 3.8) is 0 Å². The van der Waals surface area contributed by atoms with Gasteiger partial charge in [-0.3, -0.25) is 0 Å². The van der Waals surface area contributed by atoms with E-state index in [4.69, 9.17) is 9.47 Å². The summed E-state index contributed by atoms with van der Waals surface area (Å²) in [6.07, 6.45) is -0.727. The standard InChI is InChI=1S/C18H16NO6/c1-23-17(21)14-7-9-15(10-8-14)25-16(20)11-19-18(22)24-12-13-5-3-2-4-6-13/h2-10H,1,11-12H2,(H,19,22). The van der Waals surface area contributed by atoms with Crippen molar-refractivity contribution in [3.05, 3.63) is 72.8 Å². The molecule has 129 valence electrons. The van der Waals surface area contributed by atoms with Gasteiger partial charge in [-0.2, -0.15) is 0 Å². The second-order valence-electron chi connectivity index (χ2n) is 4.85. The van der Waals surface area contributed by atoms with E-state index in [1.165, 1.54) is 24.3 Å². The van der Waals surface area contributed by atoms with Gasteiger partial charge in [0.15, 0.2) is 0 Å². The average Bonchev–Trinajstić information content (AvgIpc) is 2.65. The number of ether oxygens (including phenoxy) is 3. The molecule has 0 aromatic heterocycles. The van der Waals surface area contributed by atoms with E-state index < -0.39 is 18.0 Å². The van der Waals surface area contributed by atoms with Crippen molar-refractivity contribution < 1.29 is 28.6 Å². The number of rotatable bonds is 6. The third kappa shape index (κ3) is 5.98. The third-order valence-electron chi connectivity index (χ3n) is 3.04. The van der Waals surface area contributed by atoms with E-state index in [0.29, 0.717) is 0 Å². The van der Waals surface area contributed by atoms with E-state index >= 15 is 0 Å². The van der Waals surface area contributed by atoms with Gasteiger partial charge in [0.25, 0.3) is 0 Å². The smallest absolute Gasteiger partial charge is 0.407 e. The number of hydrogen-bond donors (Lipinski definition) is 1. The Hall–Kier alpha value is -3.35. The zero-order valence-electron chi connectivity index (χ0n) is 13.3. The molecule has 0 atom stereocenters. The van der Waals surface area contributed by atoms with Gasteiger partial charge in [-0.25, -0.2) is 14.4 Å². The first-order valence-electron chi connectivity index (χ1n) is 7.30. The summed E-state index contributed by atoms with van der Waals surface area (Å²) in [5.41, 5.74) is 1.11. The lowest BCUT2D eigenvalue weighted by atomic mass is 10.2.